The largest absolute Gasteiger partial charge is 0.422 e. The Balaban J connectivity index is 2.15. The lowest BCUT2D eigenvalue weighted by atomic mass is 9.79. The third-order valence-electron chi connectivity index (χ3n) is 5.24. The molecule has 104 valence electrons. The van der Waals surface area contributed by atoms with Gasteiger partial charge in [0.1, 0.15) is 0 Å². The van der Waals surface area contributed by atoms with Crippen molar-refractivity contribution in [1.29, 1.82) is 0 Å². The highest BCUT2D eigenvalue weighted by molar-refractivity contribution is 5.92. The molecule has 0 aromatic carbocycles. The molecule has 1 fully saturated rings. The Morgan fingerprint density at radius 1 is 1.37 bits per heavy atom. The molecule has 3 aliphatic rings. The fourth-order valence-electron chi connectivity index (χ4n) is 3.89. The lowest BCUT2D eigenvalue weighted by Gasteiger charge is -2.31. The zero-order valence-corrected chi connectivity index (χ0v) is 11.6. The highest BCUT2D eigenvalue weighted by atomic mass is 16.7. The number of rotatable bonds is 0. The van der Waals surface area contributed by atoms with Gasteiger partial charge in [-0.05, 0) is 56.6 Å². The Hall–Kier alpha value is -1.13. The molecule has 0 spiro atoms. The van der Waals surface area contributed by atoms with Gasteiger partial charge in [-0.3, -0.25) is 0 Å². The molecular formula is C15H20O4. The maximum Gasteiger partial charge on any atom is 0.336 e. The van der Waals surface area contributed by atoms with Gasteiger partial charge in [-0.2, -0.15) is 0 Å². The van der Waals surface area contributed by atoms with Crippen molar-refractivity contribution < 1.29 is 19.7 Å². The van der Waals surface area contributed by atoms with Crippen LogP contribution in [0.3, 0.4) is 0 Å². The second-order valence-corrected chi connectivity index (χ2v) is 6.27. The Kier molecular flexibility index (Phi) is 2.51. The maximum absolute atomic E-state index is 11.7. The van der Waals surface area contributed by atoms with E-state index in [4.69, 9.17) is 4.74 Å². The quantitative estimate of drug-likeness (QED) is 0.516. The minimum atomic E-state index is -1.65. The average molecular weight is 264 g/mol. The van der Waals surface area contributed by atoms with Crippen molar-refractivity contribution in [2.24, 2.45) is 11.8 Å². The third kappa shape index (κ3) is 1.56. The summed E-state index contributed by atoms with van der Waals surface area (Å²) in [5.74, 6) is -1.70. The molecule has 0 unspecified atom stereocenters. The van der Waals surface area contributed by atoms with Gasteiger partial charge >= 0.3 is 5.97 Å². The third-order valence-corrected chi connectivity index (χ3v) is 5.24. The van der Waals surface area contributed by atoms with Crippen LogP contribution in [-0.2, 0) is 9.53 Å². The molecule has 0 radical (unpaired) electrons. The monoisotopic (exact) mass is 264 g/mol. The van der Waals surface area contributed by atoms with Crippen LogP contribution in [0.15, 0.2) is 22.8 Å². The fraction of sp³-hybridized carbons (Fsp3) is 0.667. The van der Waals surface area contributed by atoms with Crippen LogP contribution in [0.1, 0.15) is 40.0 Å². The van der Waals surface area contributed by atoms with E-state index in [0.717, 1.165) is 6.42 Å². The van der Waals surface area contributed by atoms with Crippen LogP contribution in [0, 0.1) is 11.8 Å². The molecule has 2 aliphatic carbocycles. The smallest absolute Gasteiger partial charge is 0.336 e. The molecular weight excluding hydrogens is 244 g/mol. The van der Waals surface area contributed by atoms with Crippen molar-refractivity contribution in [3.63, 3.8) is 0 Å². The van der Waals surface area contributed by atoms with E-state index >= 15 is 0 Å². The SMILES string of the molecule is CC1=C[C@@]2(O)OC(=O)C(C)=C2C[C@@H]2[C@@H](C)CC[C@@]12O. The molecule has 0 amide bonds. The summed E-state index contributed by atoms with van der Waals surface area (Å²) in [6, 6.07) is 0. The zero-order valence-electron chi connectivity index (χ0n) is 11.6. The van der Waals surface area contributed by atoms with Crippen LogP contribution in [0.2, 0.25) is 0 Å². The summed E-state index contributed by atoms with van der Waals surface area (Å²) in [6.07, 6.45) is 3.71. The minimum absolute atomic E-state index is 0.0391. The van der Waals surface area contributed by atoms with Gasteiger partial charge in [0.25, 0.3) is 5.79 Å². The highest BCUT2D eigenvalue weighted by Crippen LogP contribution is 2.53. The average Bonchev–Trinajstić information content (AvgIpc) is 2.69. The first-order chi connectivity index (χ1) is 8.78. The van der Waals surface area contributed by atoms with Gasteiger partial charge in [-0.1, -0.05) is 6.92 Å². The molecule has 1 saturated carbocycles. The number of carbonyl (C=O) groups is 1. The minimum Gasteiger partial charge on any atom is -0.422 e. The predicted octanol–water partition coefficient (Wildman–Crippen LogP) is 1.68. The predicted molar refractivity (Wildman–Crippen MR) is 69.0 cm³/mol. The van der Waals surface area contributed by atoms with E-state index in [0.29, 0.717) is 35.5 Å². The summed E-state index contributed by atoms with van der Waals surface area (Å²) in [4.78, 5) is 11.7. The number of fused-ring (bicyclic) bond motifs is 2. The van der Waals surface area contributed by atoms with E-state index in [2.05, 4.69) is 6.92 Å². The summed E-state index contributed by atoms with van der Waals surface area (Å²) >= 11 is 0. The lowest BCUT2D eigenvalue weighted by Crippen LogP contribution is -2.35. The topological polar surface area (TPSA) is 66.8 Å². The standard InChI is InChI=1S/C15H20O4/c1-8-4-5-14(17)9(2)7-15(18)12(6-11(8)14)10(3)13(16)19-15/h7-8,11,17-18H,4-6H2,1-3H3/t8-,11+,14+,15+/m0/s1. The second-order valence-electron chi connectivity index (χ2n) is 6.27. The van der Waals surface area contributed by atoms with Crippen LogP contribution in [0.4, 0.5) is 0 Å². The van der Waals surface area contributed by atoms with Gasteiger partial charge in [0.15, 0.2) is 0 Å². The summed E-state index contributed by atoms with van der Waals surface area (Å²) in [7, 11) is 0. The van der Waals surface area contributed by atoms with Crippen molar-refractivity contribution in [2.45, 2.75) is 51.4 Å². The van der Waals surface area contributed by atoms with E-state index in [1.807, 2.05) is 6.92 Å². The first kappa shape index (κ1) is 12.9. The lowest BCUT2D eigenvalue weighted by molar-refractivity contribution is -0.167. The first-order valence-electron chi connectivity index (χ1n) is 6.86. The van der Waals surface area contributed by atoms with E-state index in [1.54, 1.807) is 6.92 Å². The first-order valence-corrected chi connectivity index (χ1v) is 6.86. The van der Waals surface area contributed by atoms with E-state index < -0.39 is 17.4 Å². The molecule has 4 nitrogen and oxygen atoms in total. The number of hydrogen-bond donors (Lipinski definition) is 2. The number of aliphatic hydroxyl groups is 2. The van der Waals surface area contributed by atoms with Gasteiger partial charge in [-0.25, -0.2) is 4.79 Å². The molecule has 2 N–H and O–H groups in total. The fourth-order valence-corrected chi connectivity index (χ4v) is 3.89. The summed E-state index contributed by atoms with van der Waals surface area (Å²) < 4.78 is 5.12. The maximum atomic E-state index is 11.7. The van der Waals surface area contributed by atoms with E-state index in [-0.39, 0.29) is 5.92 Å². The van der Waals surface area contributed by atoms with Gasteiger partial charge in [0.05, 0.1) is 5.60 Å². The molecule has 19 heavy (non-hydrogen) atoms. The van der Waals surface area contributed by atoms with Crippen molar-refractivity contribution >= 4 is 5.97 Å². The van der Waals surface area contributed by atoms with Crippen LogP contribution < -0.4 is 0 Å². The molecule has 0 bridgehead atoms. The highest BCUT2D eigenvalue weighted by Gasteiger charge is 2.54. The van der Waals surface area contributed by atoms with Crippen molar-refractivity contribution in [2.75, 3.05) is 0 Å². The van der Waals surface area contributed by atoms with Gasteiger partial charge in [0.2, 0.25) is 0 Å². The second kappa shape index (κ2) is 3.70. The molecule has 0 saturated heterocycles. The van der Waals surface area contributed by atoms with E-state index in [1.165, 1.54) is 6.08 Å². The Morgan fingerprint density at radius 2 is 2.05 bits per heavy atom. The van der Waals surface area contributed by atoms with Crippen molar-refractivity contribution in [3.8, 4) is 0 Å². The van der Waals surface area contributed by atoms with Crippen LogP contribution in [-0.4, -0.2) is 27.6 Å². The van der Waals surface area contributed by atoms with Crippen LogP contribution >= 0.6 is 0 Å². The summed E-state index contributed by atoms with van der Waals surface area (Å²) in [5, 5.41) is 21.5. The summed E-state index contributed by atoms with van der Waals surface area (Å²) in [6.45, 7) is 5.62. The van der Waals surface area contributed by atoms with E-state index in [9.17, 15) is 15.0 Å². The molecule has 1 heterocycles. The van der Waals surface area contributed by atoms with Gasteiger partial charge in [-0.15, -0.1) is 0 Å². The van der Waals surface area contributed by atoms with Crippen LogP contribution in [0.25, 0.3) is 0 Å². The number of hydrogen-bond acceptors (Lipinski definition) is 4. The number of ether oxygens (including phenoxy) is 1. The summed E-state index contributed by atoms with van der Waals surface area (Å²) in [5.41, 5.74) is 0.933. The van der Waals surface area contributed by atoms with Crippen molar-refractivity contribution in [1.82, 2.24) is 0 Å². The van der Waals surface area contributed by atoms with Crippen LogP contribution in [0.5, 0.6) is 0 Å². The molecule has 4 heteroatoms. The number of esters is 1. The Morgan fingerprint density at radius 3 is 2.74 bits per heavy atom. The zero-order chi connectivity index (χ0) is 14.0. The molecule has 4 atom stereocenters. The molecule has 3 rings (SSSR count). The van der Waals surface area contributed by atoms with Gasteiger partial charge < -0.3 is 14.9 Å². The normalized spacial score (nSPS) is 45.5. The molecule has 1 aliphatic heterocycles. The van der Waals surface area contributed by atoms with Crippen molar-refractivity contribution in [3.05, 3.63) is 22.8 Å². The van der Waals surface area contributed by atoms with Gasteiger partial charge in [0, 0.05) is 11.1 Å². The Labute approximate surface area is 112 Å². The molecule has 0 aromatic heterocycles. The molecule has 0 aromatic rings. The Bertz CT molecular complexity index is 518. The number of carbonyl (C=O) groups excluding carboxylic acids is 1.